The van der Waals surface area contributed by atoms with E-state index in [1.54, 1.807) is 4.90 Å². The highest BCUT2D eigenvalue weighted by Crippen LogP contribution is 2.11. The van der Waals surface area contributed by atoms with Gasteiger partial charge in [-0.15, -0.1) is 0 Å². The van der Waals surface area contributed by atoms with Gasteiger partial charge in [0.05, 0.1) is 13.2 Å². The number of nitrogens with one attached hydrogen (secondary N) is 1. The summed E-state index contributed by atoms with van der Waals surface area (Å²) in [6, 6.07) is 0. The van der Waals surface area contributed by atoms with Crippen LogP contribution in [0.5, 0.6) is 0 Å². The van der Waals surface area contributed by atoms with Crippen LogP contribution >= 0.6 is 0 Å². The molecule has 5 nitrogen and oxygen atoms in total. The first-order chi connectivity index (χ1) is 7.74. The molecule has 1 rings (SSSR count). The van der Waals surface area contributed by atoms with Crippen molar-refractivity contribution >= 4 is 11.8 Å². The summed E-state index contributed by atoms with van der Waals surface area (Å²) in [5.74, 6) is -0.123. The minimum Gasteiger partial charge on any atom is -0.395 e. The van der Waals surface area contributed by atoms with Gasteiger partial charge in [0.25, 0.3) is 0 Å². The van der Waals surface area contributed by atoms with Gasteiger partial charge in [-0.25, -0.2) is 0 Å². The molecular formula is C11H20N2O3. The van der Waals surface area contributed by atoms with Crippen molar-refractivity contribution in [1.29, 1.82) is 0 Å². The van der Waals surface area contributed by atoms with Crippen LogP contribution < -0.4 is 5.32 Å². The van der Waals surface area contributed by atoms with Crippen molar-refractivity contribution < 1.29 is 14.7 Å². The predicted octanol–water partition coefficient (Wildman–Crippen LogP) is -0.112. The zero-order valence-corrected chi connectivity index (χ0v) is 9.57. The summed E-state index contributed by atoms with van der Waals surface area (Å²) in [7, 11) is 0. The second kappa shape index (κ2) is 7.22. The van der Waals surface area contributed by atoms with Gasteiger partial charge in [-0.1, -0.05) is 12.8 Å². The lowest BCUT2D eigenvalue weighted by molar-refractivity contribution is -0.136. The van der Waals surface area contributed by atoms with Crippen molar-refractivity contribution in [2.75, 3.05) is 26.2 Å². The first-order valence-electron chi connectivity index (χ1n) is 5.89. The fourth-order valence-corrected chi connectivity index (χ4v) is 1.81. The Morgan fingerprint density at radius 2 is 2.06 bits per heavy atom. The van der Waals surface area contributed by atoms with Crippen molar-refractivity contribution in [3.05, 3.63) is 0 Å². The van der Waals surface area contributed by atoms with Gasteiger partial charge >= 0.3 is 0 Å². The molecule has 0 saturated carbocycles. The lowest BCUT2D eigenvalue weighted by Gasteiger charge is -2.24. The van der Waals surface area contributed by atoms with Gasteiger partial charge in [-0.2, -0.15) is 0 Å². The molecule has 0 unspecified atom stereocenters. The molecule has 92 valence electrons. The second-order valence-electron chi connectivity index (χ2n) is 4.05. The zero-order valence-electron chi connectivity index (χ0n) is 9.57. The third-order valence-corrected chi connectivity index (χ3v) is 2.69. The molecule has 0 aliphatic carbocycles. The van der Waals surface area contributed by atoms with Crippen LogP contribution in [0, 0.1) is 0 Å². The number of rotatable bonds is 4. The summed E-state index contributed by atoms with van der Waals surface area (Å²) in [6.45, 7) is 0.977. The molecule has 2 N–H and O–H groups in total. The van der Waals surface area contributed by atoms with Crippen LogP contribution in [0.1, 0.15) is 32.1 Å². The van der Waals surface area contributed by atoms with Crippen LogP contribution in [0.25, 0.3) is 0 Å². The van der Waals surface area contributed by atoms with E-state index in [1.807, 2.05) is 0 Å². The molecule has 0 aromatic rings. The Hall–Kier alpha value is -1.10. The summed E-state index contributed by atoms with van der Waals surface area (Å²) < 4.78 is 0. The number of hydrogen-bond donors (Lipinski definition) is 2. The molecule has 1 fully saturated rings. The van der Waals surface area contributed by atoms with Gasteiger partial charge in [-0.3, -0.25) is 9.59 Å². The van der Waals surface area contributed by atoms with E-state index in [4.69, 9.17) is 5.11 Å². The minimum atomic E-state index is -0.192. The molecule has 0 spiro atoms. The molecule has 0 aromatic heterocycles. The summed E-state index contributed by atoms with van der Waals surface area (Å²) in [5, 5.41) is 11.1. The van der Waals surface area contributed by atoms with E-state index >= 15 is 0 Å². The highest BCUT2D eigenvalue weighted by Gasteiger charge is 2.17. The smallest absolute Gasteiger partial charge is 0.239 e. The topological polar surface area (TPSA) is 69.6 Å². The molecule has 16 heavy (non-hydrogen) atoms. The fourth-order valence-electron chi connectivity index (χ4n) is 1.81. The summed E-state index contributed by atoms with van der Waals surface area (Å²) >= 11 is 0. The highest BCUT2D eigenvalue weighted by molar-refractivity contribution is 5.84. The average Bonchev–Trinajstić information content (AvgIpc) is 2.26. The third kappa shape index (κ3) is 4.61. The standard InChI is InChI=1S/C11H20N2O3/c14-8-6-12-10(15)9-13-7-4-2-1-3-5-11(13)16/h14H,1-9H2,(H,12,15). The second-order valence-corrected chi connectivity index (χ2v) is 4.05. The molecule has 0 radical (unpaired) electrons. The van der Waals surface area contributed by atoms with E-state index in [9.17, 15) is 9.59 Å². The summed E-state index contributed by atoms with van der Waals surface area (Å²) in [6.07, 6.45) is 4.68. The van der Waals surface area contributed by atoms with E-state index < -0.39 is 0 Å². The van der Waals surface area contributed by atoms with E-state index in [0.717, 1.165) is 25.7 Å². The minimum absolute atomic E-state index is 0.0684. The van der Waals surface area contributed by atoms with Crippen molar-refractivity contribution in [2.24, 2.45) is 0 Å². The van der Waals surface area contributed by atoms with Gasteiger partial charge < -0.3 is 15.3 Å². The van der Waals surface area contributed by atoms with E-state index in [1.165, 1.54) is 0 Å². The first kappa shape index (κ1) is 13.0. The van der Waals surface area contributed by atoms with Crippen LogP contribution in [-0.4, -0.2) is 48.1 Å². The Morgan fingerprint density at radius 3 is 2.81 bits per heavy atom. The highest BCUT2D eigenvalue weighted by atomic mass is 16.3. The van der Waals surface area contributed by atoms with Crippen molar-refractivity contribution in [3.8, 4) is 0 Å². The van der Waals surface area contributed by atoms with Gasteiger partial charge in [0.15, 0.2) is 0 Å². The van der Waals surface area contributed by atoms with Crippen LogP contribution in [-0.2, 0) is 9.59 Å². The molecule has 0 bridgehead atoms. The van der Waals surface area contributed by atoms with E-state index in [0.29, 0.717) is 13.0 Å². The van der Waals surface area contributed by atoms with Crippen molar-refractivity contribution in [1.82, 2.24) is 10.2 Å². The number of aliphatic hydroxyl groups excluding tert-OH is 1. The van der Waals surface area contributed by atoms with E-state index in [2.05, 4.69) is 5.32 Å². The van der Waals surface area contributed by atoms with Crippen LogP contribution in [0.3, 0.4) is 0 Å². The Labute approximate surface area is 95.8 Å². The van der Waals surface area contributed by atoms with Crippen LogP contribution in [0.15, 0.2) is 0 Å². The van der Waals surface area contributed by atoms with Crippen LogP contribution in [0.2, 0.25) is 0 Å². The predicted molar refractivity (Wildman–Crippen MR) is 59.8 cm³/mol. The molecule has 0 atom stereocenters. The number of hydrogen-bond acceptors (Lipinski definition) is 3. The fraction of sp³-hybridized carbons (Fsp3) is 0.818. The summed E-state index contributed by atoms with van der Waals surface area (Å²) in [4.78, 5) is 24.7. The number of carbonyl (C=O) groups excluding carboxylic acids is 2. The maximum absolute atomic E-state index is 11.7. The quantitative estimate of drug-likeness (QED) is 0.705. The monoisotopic (exact) mass is 228 g/mol. The number of amides is 2. The molecular weight excluding hydrogens is 208 g/mol. The largest absolute Gasteiger partial charge is 0.395 e. The van der Waals surface area contributed by atoms with Gasteiger partial charge in [0.1, 0.15) is 0 Å². The third-order valence-electron chi connectivity index (χ3n) is 2.69. The van der Waals surface area contributed by atoms with Crippen molar-refractivity contribution in [3.63, 3.8) is 0 Å². The molecule has 1 aliphatic heterocycles. The Bertz CT molecular complexity index is 243. The number of carbonyl (C=O) groups is 2. The normalized spacial score (nSPS) is 17.8. The number of likely N-dealkylation sites (tertiary alicyclic amines) is 1. The Kier molecular flexibility index (Phi) is 5.85. The van der Waals surface area contributed by atoms with Gasteiger partial charge in [-0.05, 0) is 12.8 Å². The maximum Gasteiger partial charge on any atom is 0.239 e. The number of aliphatic hydroxyl groups is 1. The lowest BCUT2D eigenvalue weighted by atomic mass is 10.1. The molecule has 1 saturated heterocycles. The maximum atomic E-state index is 11.7. The summed E-state index contributed by atoms with van der Waals surface area (Å²) in [5.41, 5.74) is 0. The Morgan fingerprint density at radius 1 is 1.31 bits per heavy atom. The van der Waals surface area contributed by atoms with Gasteiger partial charge in [0, 0.05) is 19.5 Å². The molecule has 1 aliphatic rings. The van der Waals surface area contributed by atoms with Crippen molar-refractivity contribution in [2.45, 2.75) is 32.1 Å². The molecule has 1 heterocycles. The average molecular weight is 228 g/mol. The first-order valence-corrected chi connectivity index (χ1v) is 5.89. The van der Waals surface area contributed by atoms with Crippen LogP contribution in [0.4, 0.5) is 0 Å². The number of nitrogens with zero attached hydrogens (tertiary/aromatic N) is 1. The lowest BCUT2D eigenvalue weighted by Crippen LogP contribution is -2.42. The molecule has 0 aromatic carbocycles. The Balaban J connectivity index is 2.36. The molecule has 2 amide bonds. The molecule has 5 heteroatoms. The van der Waals surface area contributed by atoms with E-state index in [-0.39, 0.29) is 31.5 Å². The SMILES string of the molecule is O=C(CN1CCCCCCC1=O)NCCO. The van der Waals surface area contributed by atoms with Gasteiger partial charge in [0.2, 0.25) is 11.8 Å². The zero-order chi connectivity index (χ0) is 11.8.